The number of benzene rings is 3. The Bertz CT molecular complexity index is 936. The number of rotatable bonds is 5. The van der Waals surface area contributed by atoms with E-state index in [4.69, 9.17) is 4.74 Å². The molecule has 0 spiro atoms. The van der Waals surface area contributed by atoms with Crippen LogP contribution in [0.3, 0.4) is 0 Å². The zero-order valence-corrected chi connectivity index (χ0v) is 13.5. The molecule has 0 aromatic heterocycles. The molecule has 0 saturated heterocycles. The molecule has 0 amide bonds. The number of anilines is 1. The molecule has 118 valence electrons. The Kier molecular flexibility index (Phi) is 4.21. The van der Waals surface area contributed by atoms with E-state index in [9.17, 15) is 8.42 Å². The molecule has 3 aromatic rings. The Balaban J connectivity index is 1.97. The van der Waals surface area contributed by atoms with Gasteiger partial charge in [-0.2, -0.15) is 0 Å². The van der Waals surface area contributed by atoms with E-state index in [1.54, 1.807) is 42.5 Å². The summed E-state index contributed by atoms with van der Waals surface area (Å²) in [6.07, 6.45) is 0. The van der Waals surface area contributed by atoms with E-state index in [1.165, 1.54) is 0 Å². The van der Waals surface area contributed by atoms with Crippen molar-refractivity contribution in [2.75, 3.05) is 11.3 Å². The normalized spacial score (nSPS) is 11.3. The minimum Gasteiger partial charge on any atom is -0.492 e. The summed E-state index contributed by atoms with van der Waals surface area (Å²) < 4.78 is 33.3. The molecule has 0 heterocycles. The Hall–Kier alpha value is -2.53. The first-order chi connectivity index (χ1) is 11.1. The van der Waals surface area contributed by atoms with Gasteiger partial charge in [-0.3, -0.25) is 4.72 Å². The van der Waals surface area contributed by atoms with Gasteiger partial charge in [-0.15, -0.1) is 0 Å². The number of para-hydroxylation sites is 2. The first-order valence-corrected chi connectivity index (χ1v) is 8.82. The maximum absolute atomic E-state index is 12.6. The summed E-state index contributed by atoms with van der Waals surface area (Å²) in [5, 5.41) is 1.88. The van der Waals surface area contributed by atoms with E-state index >= 15 is 0 Å². The lowest BCUT2D eigenvalue weighted by molar-refractivity contribution is 0.342. The Labute approximate surface area is 135 Å². The second-order valence-corrected chi connectivity index (χ2v) is 6.73. The van der Waals surface area contributed by atoms with Crippen molar-refractivity contribution in [1.82, 2.24) is 0 Å². The molecule has 3 rings (SSSR count). The van der Waals surface area contributed by atoms with Crippen molar-refractivity contribution in [2.45, 2.75) is 11.8 Å². The van der Waals surface area contributed by atoms with Gasteiger partial charge in [0.15, 0.2) is 0 Å². The highest BCUT2D eigenvalue weighted by molar-refractivity contribution is 7.92. The van der Waals surface area contributed by atoms with E-state index in [0.29, 0.717) is 18.0 Å². The fraction of sp³-hybridized carbons (Fsp3) is 0.111. The number of hydrogen-bond acceptors (Lipinski definition) is 3. The average molecular weight is 327 g/mol. The van der Waals surface area contributed by atoms with E-state index in [2.05, 4.69) is 4.72 Å². The monoisotopic (exact) mass is 327 g/mol. The number of ether oxygens (including phenoxy) is 1. The molecule has 0 saturated carbocycles. The molecule has 5 heteroatoms. The number of sulfonamides is 1. The zero-order valence-electron chi connectivity index (χ0n) is 12.7. The Morgan fingerprint density at radius 2 is 1.61 bits per heavy atom. The van der Waals surface area contributed by atoms with Crippen molar-refractivity contribution >= 4 is 26.5 Å². The molecule has 4 nitrogen and oxygen atoms in total. The van der Waals surface area contributed by atoms with Gasteiger partial charge in [0.1, 0.15) is 5.75 Å². The highest BCUT2D eigenvalue weighted by Crippen LogP contribution is 2.27. The van der Waals surface area contributed by atoms with Gasteiger partial charge in [-0.25, -0.2) is 8.42 Å². The lowest BCUT2D eigenvalue weighted by Gasteiger charge is -2.13. The predicted octanol–water partition coefficient (Wildman–Crippen LogP) is 4.04. The van der Waals surface area contributed by atoms with Crippen LogP contribution < -0.4 is 9.46 Å². The summed E-state index contributed by atoms with van der Waals surface area (Å²) in [5.74, 6) is 0.513. The van der Waals surface area contributed by atoms with E-state index < -0.39 is 10.0 Å². The summed E-state index contributed by atoms with van der Waals surface area (Å²) in [7, 11) is -3.68. The van der Waals surface area contributed by atoms with Gasteiger partial charge < -0.3 is 4.74 Å². The fourth-order valence-electron chi connectivity index (χ4n) is 2.37. The summed E-state index contributed by atoms with van der Waals surface area (Å²) >= 11 is 0. The molecule has 23 heavy (non-hydrogen) atoms. The SMILES string of the molecule is CCOc1ccccc1NS(=O)(=O)c1ccc2ccccc2c1. The molecular formula is C18H17NO3S. The summed E-state index contributed by atoms with van der Waals surface area (Å²) in [5.41, 5.74) is 0.433. The minimum atomic E-state index is -3.68. The van der Waals surface area contributed by atoms with Gasteiger partial charge in [-0.1, -0.05) is 42.5 Å². The largest absolute Gasteiger partial charge is 0.492 e. The van der Waals surface area contributed by atoms with Crippen LogP contribution in [0.5, 0.6) is 5.75 Å². The molecule has 0 bridgehead atoms. The Morgan fingerprint density at radius 3 is 2.39 bits per heavy atom. The van der Waals surface area contributed by atoms with Crippen LogP contribution >= 0.6 is 0 Å². The maximum Gasteiger partial charge on any atom is 0.262 e. The smallest absolute Gasteiger partial charge is 0.262 e. The van der Waals surface area contributed by atoms with Crippen molar-refractivity contribution in [3.05, 3.63) is 66.7 Å². The van der Waals surface area contributed by atoms with Gasteiger partial charge in [0.05, 0.1) is 17.2 Å². The van der Waals surface area contributed by atoms with Crippen LogP contribution in [-0.4, -0.2) is 15.0 Å². The van der Waals surface area contributed by atoms with Crippen LogP contribution in [0.15, 0.2) is 71.6 Å². The molecule has 3 aromatic carbocycles. The predicted molar refractivity (Wildman–Crippen MR) is 92.4 cm³/mol. The maximum atomic E-state index is 12.6. The number of hydrogen-bond donors (Lipinski definition) is 1. The van der Waals surface area contributed by atoms with Crippen LogP contribution in [-0.2, 0) is 10.0 Å². The van der Waals surface area contributed by atoms with Crippen LogP contribution in [0.1, 0.15) is 6.92 Å². The van der Waals surface area contributed by atoms with Crippen molar-refractivity contribution in [1.29, 1.82) is 0 Å². The zero-order chi connectivity index (χ0) is 16.3. The van der Waals surface area contributed by atoms with Gasteiger partial charge in [0.25, 0.3) is 10.0 Å². The summed E-state index contributed by atoms with van der Waals surface area (Å²) in [6.45, 7) is 2.32. The third-order valence-electron chi connectivity index (χ3n) is 3.46. The van der Waals surface area contributed by atoms with Gasteiger partial charge in [-0.05, 0) is 42.0 Å². The lowest BCUT2D eigenvalue weighted by atomic mass is 10.1. The highest BCUT2D eigenvalue weighted by Gasteiger charge is 2.16. The van der Waals surface area contributed by atoms with Crippen LogP contribution in [0.25, 0.3) is 10.8 Å². The molecule has 0 atom stereocenters. The first kappa shape index (κ1) is 15.4. The van der Waals surface area contributed by atoms with Crippen molar-refractivity contribution in [3.8, 4) is 5.75 Å². The number of fused-ring (bicyclic) bond motifs is 1. The van der Waals surface area contributed by atoms with Crippen LogP contribution in [0.4, 0.5) is 5.69 Å². The highest BCUT2D eigenvalue weighted by atomic mass is 32.2. The third-order valence-corrected chi connectivity index (χ3v) is 4.83. The summed E-state index contributed by atoms with van der Waals surface area (Å²) in [4.78, 5) is 0.225. The standard InChI is InChI=1S/C18H17NO3S/c1-2-22-18-10-6-5-9-17(18)19-23(20,21)16-12-11-14-7-3-4-8-15(14)13-16/h3-13,19H,2H2,1H3. The molecule has 0 unspecified atom stereocenters. The van der Waals surface area contributed by atoms with Crippen molar-refractivity contribution in [3.63, 3.8) is 0 Å². The third kappa shape index (κ3) is 3.29. The molecule has 0 aliphatic rings. The fourth-order valence-corrected chi connectivity index (χ4v) is 3.48. The molecule has 1 N–H and O–H groups in total. The molecule has 0 radical (unpaired) electrons. The van der Waals surface area contributed by atoms with E-state index in [0.717, 1.165) is 10.8 Å². The lowest BCUT2D eigenvalue weighted by Crippen LogP contribution is -2.13. The van der Waals surface area contributed by atoms with Crippen molar-refractivity contribution < 1.29 is 13.2 Å². The Morgan fingerprint density at radius 1 is 0.913 bits per heavy atom. The van der Waals surface area contributed by atoms with Gasteiger partial charge in [0.2, 0.25) is 0 Å². The van der Waals surface area contributed by atoms with Gasteiger partial charge in [0, 0.05) is 0 Å². The van der Waals surface area contributed by atoms with E-state index in [1.807, 2.05) is 31.2 Å². The average Bonchev–Trinajstić information content (AvgIpc) is 2.56. The summed E-state index contributed by atoms with van der Waals surface area (Å²) in [6, 6.07) is 19.7. The molecule has 0 aliphatic heterocycles. The topological polar surface area (TPSA) is 55.4 Å². The molecule has 0 fully saturated rings. The second-order valence-electron chi connectivity index (χ2n) is 5.04. The minimum absolute atomic E-state index is 0.225. The number of nitrogens with one attached hydrogen (secondary N) is 1. The quantitative estimate of drug-likeness (QED) is 0.769. The first-order valence-electron chi connectivity index (χ1n) is 7.33. The van der Waals surface area contributed by atoms with Crippen LogP contribution in [0.2, 0.25) is 0 Å². The van der Waals surface area contributed by atoms with E-state index in [-0.39, 0.29) is 4.90 Å². The second kappa shape index (κ2) is 6.30. The van der Waals surface area contributed by atoms with Crippen molar-refractivity contribution in [2.24, 2.45) is 0 Å². The molecular weight excluding hydrogens is 310 g/mol. The van der Waals surface area contributed by atoms with Crippen LogP contribution in [0, 0.1) is 0 Å². The molecule has 0 aliphatic carbocycles. The van der Waals surface area contributed by atoms with Gasteiger partial charge >= 0.3 is 0 Å².